The smallest absolute Gasteiger partial charge is 0.293 e. The third kappa shape index (κ3) is 3.76. The van der Waals surface area contributed by atoms with Crippen molar-refractivity contribution in [2.24, 2.45) is 11.1 Å². The van der Waals surface area contributed by atoms with E-state index in [1.807, 2.05) is 30.0 Å². The summed E-state index contributed by atoms with van der Waals surface area (Å²) >= 11 is 0. The standard InChI is InChI=1S/C19H27N5O.ClH/c1-13(2)15-7-5-6-8-16(15)24-14(3)21-17(22-24)18(25)23-10-9-19(4,11-20)12-23;/h5-8,13H,9-12,20H2,1-4H3;1H. The van der Waals surface area contributed by atoms with Crippen molar-refractivity contribution in [2.45, 2.75) is 40.0 Å². The Bertz CT molecular complexity index is 788. The molecule has 1 fully saturated rings. The van der Waals surface area contributed by atoms with Gasteiger partial charge in [-0.3, -0.25) is 4.79 Å². The molecule has 0 bridgehead atoms. The molecular weight excluding hydrogens is 350 g/mol. The molecule has 2 N–H and O–H groups in total. The van der Waals surface area contributed by atoms with Crippen LogP contribution >= 0.6 is 12.4 Å². The van der Waals surface area contributed by atoms with Crippen LogP contribution in [0.2, 0.25) is 0 Å². The normalized spacial score (nSPS) is 19.7. The van der Waals surface area contributed by atoms with E-state index >= 15 is 0 Å². The summed E-state index contributed by atoms with van der Waals surface area (Å²) in [7, 11) is 0. The molecule has 0 spiro atoms. The zero-order chi connectivity index (χ0) is 18.2. The number of carbonyl (C=O) groups excluding carboxylic acids is 1. The van der Waals surface area contributed by atoms with E-state index in [4.69, 9.17) is 5.73 Å². The molecule has 1 aliphatic rings. The minimum absolute atomic E-state index is 0. The lowest BCUT2D eigenvalue weighted by molar-refractivity contribution is 0.0765. The average molecular weight is 378 g/mol. The van der Waals surface area contributed by atoms with Crippen LogP contribution in [0, 0.1) is 12.3 Å². The quantitative estimate of drug-likeness (QED) is 0.888. The minimum atomic E-state index is -0.110. The Hall–Kier alpha value is -1.92. The zero-order valence-electron chi connectivity index (χ0n) is 15.9. The SMILES string of the molecule is Cc1nc(C(=O)N2CCC(C)(CN)C2)nn1-c1ccccc1C(C)C.Cl. The van der Waals surface area contributed by atoms with Crippen molar-refractivity contribution in [1.82, 2.24) is 19.7 Å². The van der Waals surface area contributed by atoms with Crippen LogP contribution in [-0.2, 0) is 0 Å². The van der Waals surface area contributed by atoms with Gasteiger partial charge in [-0.05, 0) is 42.9 Å². The van der Waals surface area contributed by atoms with Gasteiger partial charge in [-0.2, -0.15) is 0 Å². The van der Waals surface area contributed by atoms with Crippen LogP contribution in [0.3, 0.4) is 0 Å². The fourth-order valence-electron chi connectivity index (χ4n) is 3.38. The number of amides is 1. The lowest BCUT2D eigenvalue weighted by Crippen LogP contribution is -2.35. The highest BCUT2D eigenvalue weighted by atomic mass is 35.5. The highest BCUT2D eigenvalue weighted by molar-refractivity contribution is 5.90. The number of nitrogens with two attached hydrogens (primary N) is 1. The van der Waals surface area contributed by atoms with Gasteiger partial charge in [0.15, 0.2) is 0 Å². The maximum absolute atomic E-state index is 12.8. The molecule has 6 nitrogen and oxygen atoms in total. The van der Waals surface area contributed by atoms with E-state index in [9.17, 15) is 4.79 Å². The third-order valence-electron chi connectivity index (χ3n) is 5.09. The van der Waals surface area contributed by atoms with Gasteiger partial charge in [-0.25, -0.2) is 9.67 Å². The van der Waals surface area contributed by atoms with Crippen molar-refractivity contribution >= 4 is 18.3 Å². The molecule has 1 amide bonds. The Balaban J connectivity index is 0.00000243. The van der Waals surface area contributed by atoms with Crippen molar-refractivity contribution in [3.63, 3.8) is 0 Å². The molecule has 3 rings (SSSR count). The summed E-state index contributed by atoms with van der Waals surface area (Å²) in [5.41, 5.74) is 8.01. The number of aromatic nitrogens is 3. The van der Waals surface area contributed by atoms with Crippen molar-refractivity contribution in [1.29, 1.82) is 0 Å². The van der Waals surface area contributed by atoms with E-state index in [2.05, 4.69) is 36.9 Å². The van der Waals surface area contributed by atoms with Gasteiger partial charge < -0.3 is 10.6 Å². The number of aryl methyl sites for hydroxylation is 1. The number of halogens is 1. The Morgan fingerprint density at radius 2 is 2.04 bits per heavy atom. The number of rotatable bonds is 4. The van der Waals surface area contributed by atoms with Gasteiger partial charge in [0.1, 0.15) is 5.82 Å². The first-order chi connectivity index (χ1) is 11.8. The van der Waals surface area contributed by atoms with Crippen LogP contribution in [-0.4, -0.2) is 45.2 Å². The second-order valence-corrected chi connectivity index (χ2v) is 7.60. The lowest BCUT2D eigenvalue weighted by Gasteiger charge is -2.21. The predicted octanol–water partition coefficient (Wildman–Crippen LogP) is 2.93. The van der Waals surface area contributed by atoms with E-state index in [-0.39, 0.29) is 29.6 Å². The number of hydrogen-bond donors (Lipinski definition) is 1. The molecule has 1 atom stereocenters. The number of carbonyl (C=O) groups is 1. The van der Waals surface area contributed by atoms with Crippen LogP contribution < -0.4 is 5.73 Å². The van der Waals surface area contributed by atoms with Gasteiger partial charge in [-0.1, -0.05) is 39.0 Å². The topological polar surface area (TPSA) is 77.0 Å². The highest BCUT2D eigenvalue weighted by Crippen LogP contribution is 2.29. The molecular formula is C19H28ClN5O. The van der Waals surface area contributed by atoms with Crippen LogP contribution in [0.5, 0.6) is 0 Å². The van der Waals surface area contributed by atoms with Crippen molar-refractivity contribution in [3.05, 3.63) is 41.5 Å². The second kappa shape index (κ2) is 7.76. The van der Waals surface area contributed by atoms with E-state index in [1.165, 1.54) is 5.56 Å². The maximum Gasteiger partial charge on any atom is 0.293 e. The Morgan fingerprint density at radius 3 is 2.65 bits per heavy atom. The fourth-order valence-corrected chi connectivity index (χ4v) is 3.38. The minimum Gasteiger partial charge on any atom is -0.335 e. The average Bonchev–Trinajstić information content (AvgIpc) is 3.18. The van der Waals surface area contributed by atoms with Crippen molar-refractivity contribution in [3.8, 4) is 5.69 Å². The predicted molar refractivity (Wildman–Crippen MR) is 105 cm³/mol. The Morgan fingerprint density at radius 1 is 1.35 bits per heavy atom. The molecule has 0 aliphatic carbocycles. The largest absolute Gasteiger partial charge is 0.335 e. The molecule has 1 aliphatic heterocycles. The number of benzene rings is 1. The fraction of sp³-hybridized carbons (Fsp3) is 0.526. The summed E-state index contributed by atoms with van der Waals surface area (Å²) in [5, 5.41) is 4.52. The van der Waals surface area contributed by atoms with Gasteiger partial charge in [0.25, 0.3) is 5.91 Å². The highest BCUT2D eigenvalue weighted by Gasteiger charge is 2.36. The van der Waals surface area contributed by atoms with E-state index in [0.717, 1.165) is 17.9 Å². The molecule has 0 radical (unpaired) electrons. The summed E-state index contributed by atoms with van der Waals surface area (Å²) < 4.78 is 1.78. The van der Waals surface area contributed by atoms with Gasteiger partial charge >= 0.3 is 0 Å². The molecule has 1 aromatic carbocycles. The van der Waals surface area contributed by atoms with E-state index in [0.29, 0.717) is 25.6 Å². The summed E-state index contributed by atoms with van der Waals surface area (Å²) in [5.74, 6) is 1.23. The van der Waals surface area contributed by atoms with E-state index in [1.54, 1.807) is 4.68 Å². The molecule has 7 heteroatoms. The second-order valence-electron chi connectivity index (χ2n) is 7.60. The number of para-hydroxylation sites is 1. The molecule has 1 aromatic heterocycles. The van der Waals surface area contributed by atoms with Crippen molar-refractivity contribution in [2.75, 3.05) is 19.6 Å². The van der Waals surface area contributed by atoms with Crippen LogP contribution in [0.1, 0.15) is 55.1 Å². The zero-order valence-corrected chi connectivity index (χ0v) is 16.7. The molecule has 1 saturated heterocycles. The summed E-state index contributed by atoms with van der Waals surface area (Å²) in [6, 6.07) is 8.12. The van der Waals surface area contributed by atoms with Gasteiger partial charge in [-0.15, -0.1) is 17.5 Å². The first-order valence-corrected chi connectivity index (χ1v) is 8.87. The van der Waals surface area contributed by atoms with Crippen LogP contribution in [0.25, 0.3) is 5.69 Å². The number of hydrogen-bond acceptors (Lipinski definition) is 4. The number of nitrogens with zero attached hydrogens (tertiary/aromatic N) is 4. The Kier molecular flexibility index (Phi) is 6.09. The van der Waals surface area contributed by atoms with E-state index < -0.39 is 0 Å². The molecule has 1 unspecified atom stereocenters. The summed E-state index contributed by atoms with van der Waals surface area (Å²) in [6.45, 7) is 10.3. The molecule has 0 saturated carbocycles. The Labute approximate surface area is 161 Å². The number of likely N-dealkylation sites (tertiary alicyclic amines) is 1. The first kappa shape index (κ1) is 20.4. The third-order valence-corrected chi connectivity index (χ3v) is 5.09. The first-order valence-electron chi connectivity index (χ1n) is 8.87. The summed E-state index contributed by atoms with van der Waals surface area (Å²) in [4.78, 5) is 19.1. The van der Waals surface area contributed by atoms with Gasteiger partial charge in [0.2, 0.25) is 5.82 Å². The van der Waals surface area contributed by atoms with Crippen LogP contribution in [0.4, 0.5) is 0 Å². The molecule has 26 heavy (non-hydrogen) atoms. The van der Waals surface area contributed by atoms with Gasteiger partial charge in [0, 0.05) is 13.1 Å². The molecule has 142 valence electrons. The van der Waals surface area contributed by atoms with Crippen LogP contribution in [0.15, 0.2) is 24.3 Å². The van der Waals surface area contributed by atoms with Crippen molar-refractivity contribution < 1.29 is 4.79 Å². The molecule has 2 aromatic rings. The molecule has 2 heterocycles. The monoisotopic (exact) mass is 377 g/mol. The van der Waals surface area contributed by atoms with Gasteiger partial charge in [0.05, 0.1) is 5.69 Å². The lowest BCUT2D eigenvalue weighted by atomic mass is 9.90. The summed E-state index contributed by atoms with van der Waals surface area (Å²) in [6.07, 6.45) is 0.922. The maximum atomic E-state index is 12.8.